The summed E-state index contributed by atoms with van der Waals surface area (Å²) in [6.07, 6.45) is -2.16. The quantitative estimate of drug-likeness (QED) is 0.454. The molecule has 8 heteroatoms. The minimum Gasteiger partial charge on any atom is -0.221 e. The summed E-state index contributed by atoms with van der Waals surface area (Å²) in [5.74, 6) is -10.2. The van der Waals surface area contributed by atoms with Crippen LogP contribution in [0, 0.1) is 0 Å². The van der Waals surface area contributed by atoms with Crippen molar-refractivity contribution in [3.05, 3.63) is 0 Å². The van der Waals surface area contributed by atoms with Crippen molar-refractivity contribution in [2.45, 2.75) is 28.5 Å². The molecule has 1 aliphatic rings. The van der Waals surface area contributed by atoms with E-state index < -0.39 is 28.5 Å². The Morgan fingerprint density at radius 3 is 1.31 bits per heavy atom. The predicted octanol–water partition coefficient (Wildman–Crippen LogP) is 3.47. The van der Waals surface area contributed by atoms with Crippen molar-refractivity contribution in [2.24, 2.45) is 0 Å². The van der Waals surface area contributed by atoms with Crippen molar-refractivity contribution in [3.63, 3.8) is 0 Å². The van der Waals surface area contributed by atoms with Gasteiger partial charge >= 0.3 is 11.8 Å². The van der Waals surface area contributed by atoms with E-state index >= 15 is 0 Å². The molecular formula is C5H2Cl2F6. The Kier molecular flexibility index (Phi) is 2.07. The third kappa shape index (κ3) is 1.14. The molecule has 1 rings (SSSR count). The normalized spacial score (nSPS) is 48.0. The lowest BCUT2D eigenvalue weighted by atomic mass is 10.2. The lowest BCUT2D eigenvalue weighted by Gasteiger charge is -2.26. The molecule has 0 aliphatic heterocycles. The zero-order chi connectivity index (χ0) is 10.7. The molecule has 0 aromatic carbocycles. The highest BCUT2D eigenvalue weighted by Gasteiger charge is 2.85. The third-order valence-electron chi connectivity index (χ3n) is 1.76. The molecule has 0 bridgehead atoms. The fraction of sp³-hybridized carbons (Fsp3) is 1.00. The zero-order valence-corrected chi connectivity index (χ0v) is 7.24. The summed E-state index contributed by atoms with van der Waals surface area (Å²) < 4.78 is 74.8. The molecule has 78 valence electrons. The summed E-state index contributed by atoms with van der Waals surface area (Å²) in [5.41, 5.74) is 0. The Hall–Kier alpha value is 0.160. The predicted molar refractivity (Wildman–Crippen MR) is 33.9 cm³/mol. The standard InChI is InChI=1S/C5H2Cl2F6/c6-2(8)1-3(9,10)5(12,13)4(2,7)11/h1H2/t2-,4-/m0/s1. The molecule has 0 radical (unpaired) electrons. The van der Waals surface area contributed by atoms with Crippen LogP contribution in [-0.4, -0.2) is 22.1 Å². The molecule has 1 saturated carbocycles. The molecule has 0 nitrogen and oxygen atoms in total. The lowest BCUT2D eigenvalue weighted by molar-refractivity contribution is -0.218. The minimum absolute atomic E-state index is 2.16. The highest BCUT2D eigenvalue weighted by molar-refractivity contribution is 6.34. The van der Waals surface area contributed by atoms with Crippen LogP contribution in [0.15, 0.2) is 0 Å². The number of hydrogen-bond donors (Lipinski definition) is 0. The summed E-state index contributed by atoms with van der Waals surface area (Å²) in [4.78, 5) is 0. The zero-order valence-electron chi connectivity index (χ0n) is 5.73. The van der Waals surface area contributed by atoms with Crippen molar-refractivity contribution < 1.29 is 26.3 Å². The van der Waals surface area contributed by atoms with Gasteiger partial charge in [0.25, 0.3) is 5.13 Å². The first kappa shape index (κ1) is 11.2. The second kappa shape index (κ2) is 2.39. The fourth-order valence-electron chi connectivity index (χ4n) is 0.960. The van der Waals surface area contributed by atoms with Crippen LogP contribution >= 0.6 is 23.2 Å². The van der Waals surface area contributed by atoms with Crippen LogP contribution in [0.3, 0.4) is 0 Å². The smallest absolute Gasteiger partial charge is 0.221 e. The average Bonchev–Trinajstić information content (AvgIpc) is 1.88. The SMILES string of the molecule is FC1(F)C[C@@](F)(Cl)[C@@](F)(Cl)C1(F)F. The van der Waals surface area contributed by atoms with E-state index in [-0.39, 0.29) is 0 Å². The summed E-state index contributed by atoms with van der Waals surface area (Å²) in [5, 5.41) is -8.56. The van der Waals surface area contributed by atoms with Gasteiger partial charge < -0.3 is 0 Å². The highest BCUT2D eigenvalue weighted by Crippen LogP contribution is 2.64. The molecule has 0 aromatic rings. The first-order valence-electron chi connectivity index (χ1n) is 2.97. The van der Waals surface area contributed by atoms with E-state index in [9.17, 15) is 26.3 Å². The van der Waals surface area contributed by atoms with Crippen LogP contribution in [0.2, 0.25) is 0 Å². The maximum atomic E-state index is 12.7. The summed E-state index contributed by atoms with van der Waals surface area (Å²) >= 11 is 8.83. The molecule has 1 aliphatic carbocycles. The Balaban J connectivity index is 3.24. The van der Waals surface area contributed by atoms with Gasteiger partial charge in [-0.25, -0.2) is 8.78 Å². The number of hydrogen-bond acceptors (Lipinski definition) is 0. The van der Waals surface area contributed by atoms with Gasteiger partial charge in [0.2, 0.25) is 5.13 Å². The van der Waals surface area contributed by atoms with Gasteiger partial charge in [-0.05, 0) is 0 Å². The van der Waals surface area contributed by atoms with Crippen LogP contribution < -0.4 is 0 Å². The summed E-state index contributed by atoms with van der Waals surface area (Å²) in [6.45, 7) is 0. The third-order valence-corrected chi connectivity index (χ3v) is 2.78. The van der Waals surface area contributed by atoms with Gasteiger partial charge in [-0.15, -0.1) is 0 Å². The van der Waals surface area contributed by atoms with Crippen molar-refractivity contribution >= 4 is 23.2 Å². The molecule has 1 fully saturated rings. The van der Waals surface area contributed by atoms with Crippen LogP contribution in [0.4, 0.5) is 26.3 Å². The minimum atomic E-state index is -5.32. The summed E-state index contributed by atoms with van der Waals surface area (Å²) in [6, 6.07) is 0. The van der Waals surface area contributed by atoms with E-state index in [4.69, 9.17) is 0 Å². The van der Waals surface area contributed by atoms with Crippen molar-refractivity contribution in [1.29, 1.82) is 0 Å². The van der Waals surface area contributed by atoms with Gasteiger partial charge in [-0.1, -0.05) is 23.2 Å². The second-order valence-corrected chi connectivity index (χ2v) is 3.85. The largest absolute Gasteiger partial charge is 0.361 e. The maximum Gasteiger partial charge on any atom is 0.361 e. The van der Waals surface area contributed by atoms with Crippen LogP contribution in [-0.2, 0) is 0 Å². The molecule has 0 aromatic heterocycles. The first-order valence-corrected chi connectivity index (χ1v) is 3.72. The Bertz CT molecular complexity index is 211. The molecule has 13 heavy (non-hydrogen) atoms. The Labute approximate surface area is 78.8 Å². The van der Waals surface area contributed by atoms with E-state index in [0.29, 0.717) is 0 Å². The topological polar surface area (TPSA) is 0 Å². The van der Waals surface area contributed by atoms with Crippen LogP contribution in [0.1, 0.15) is 6.42 Å². The average molecular weight is 247 g/mol. The monoisotopic (exact) mass is 246 g/mol. The first-order chi connectivity index (χ1) is 5.46. The highest BCUT2D eigenvalue weighted by atomic mass is 35.5. The van der Waals surface area contributed by atoms with Gasteiger partial charge in [-0.3, -0.25) is 0 Å². The van der Waals surface area contributed by atoms with Gasteiger partial charge in [0, 0.05) is 0 Å². The maximum absolute atomic E-state index is 12.7. The van der Waals surface area contributed by atoms with Gasteiger partial charge in [0.15, 0.2) is 0 Å². The molecular weight excluding hydrogens is 245 g/mol. The molecule has 0 spiro atoms. The van der Waals surface area contributed by atoms with Gasteiger partial charge in [-0.2, -0.15) is 17.6 Å². The van der Waals surface area contributed by atoms with Crippen LogP contribution in [0.25, 0.3) is 0 Å². The lowest BCUT2D eigenvalue weighted by Crippen LogP contribution is -2.49. The number of halogens is 8. The second-order valence-electron chi connectivity index (χ2n) is 2.73. The van der Waals surface area contributed by atoms with Crippen molar-refractivity contribution in [1.82, 2.24) is 0 Å². The van der Waals surface area contributed by atoms with E-state index in [2.05, 4.69) is 23.2 Å². The number of rotatable bonds is 0. The Morgan fingerprint density at radius 1 is 0.846 bits per heavy atom. The molecule has 0 unspecified atom stereocenters. The summed E-state index contributed by atoms with van der Waals surface area (Å²) in [7, 11) is 0. The molecule has 0 amide bonds. The van der Waals surface area contributed by atoms with E-state index in [1.807, 2.05) is 0 Å². The van der Waals surface area contributed by atoms with Crippen molar-refractivity contribution in [3.8, 4) is 0 Å². The molecule has 0 N–H and O–H groups in total. The van der Waals surface area contributed by atoms with E-state index in [1.54, 1.807) is 0 Å². The fourth-order valence-corrected chi connectivity index (χ4v) is 1.45. The number of alkyl halides is 8. The van der Waals surface area contributed by atoms with Crippen LogP contribution in [0.5, 0.6) is 0 Å². The van der Waals surface area contributed by atoms with E-state index in [1.165, 1.54) is 0 Å². The molecule has 0 heterocycles. The van der Waals surface area contributed by atoms with Crippen molar-refractivity contribution in [2.75, 3.05) is 0 Å². The Morgan fingerprint density at radius 2 is 1.23 bits per heavy atom. The van der Waals surface area contributed by atoms with Gasteiger partial charge in [0.1, 0.15) is 0 Å². The molecule has 2 atom stereocenters. The van der Waals surface area contributed by atoms with E-state index in [0.717, 1.165) is 0 Å². The molecule has 0 saturated heterocycles. The van der Waals surface area contributed by atoms with Gasteiger partial charge in [0.05, 0.1) is 6.42 Å².